The van der Waals surface area contributed by atoms with E-state index in [9.17, 15) is 13.2 Å². The summed E-state index contributed by atoms with van der Waals surface area (Å²) in [6.45, 7) is 7.69. The first-order valence-corrected chi connectivity index (χ1v) is 12.2. The number of para-hydroxylation sites is 1. The van der Waals surface area contributed by atoms with Gasteiger partial charge in [0.05, 0.1) is 21.3 Å². The van der Waals surface area contributed by atoms with Crippen molar-refractivity contribution < 1.29 is 13.2 Å². The number of rotatable bonds is 6. The average molecular weight is 491 g/mol. The normalized spacial score (nSPS) is 11.3. The molecule has 0 heterocycles. The van der Waals surface area contributed by atoms with E-state index in [0.717, 1.165) is 16.7 Å². The minimum atomic E-state index is -4.04. The van der Waals surface area contributed by atoms with Crippen LogP contribution >= 0.6 is 23.2 Å². The third-order valence-electron chi connectivity index (χ3n) is 5.08. The molecule has 0 saturated carbocycles. The molecular weight excluding hydrogens is 467 g/mol. The average Bonchev–Trinajstić information content (AvgIpc) is 2.71. The fraction of sp³-hybridized carbons (Fsp3) is 0.208. The fourth-order valence-corrected chi connectivity index (χ4v) is 5.97. The molecule has 1 N–H and O–H groups in total. The Bertz CT molecular complexity index is 1250. The van der Waals surface area contributed by atoms with Crippen molar-refractivity contribution in [2.24, 2.45) is 0 Å². The van der Waals surface area contributed by atoms with Gasteiger partial charge in [0.2, 0.25) is 0 Å². The third-order valence-corrected chi connectivity index (χ3v) is 7.76. The maximum Gasteiger partial charge on any atom is 0.265 e. The Morgan fingerprint density at radius 2 is 1.53 bits per heavy atom. The fourth-order valence-electron chi connectivity index (χ4n) is 3.66. The molecule has 0 atom stereocenters. The molecular formula is C24H24Cl2N2O3S. The highest BCUT2D eigenvalue weighted by molar-refractivity contribution is 7.93. The van der Waals surface area contributed by atoms with Crippen LogP contribution in [0.5, 0.6) is 0 Å². The molecule has 0 unspecified atom stereocenters. The zero-order chi connectivity index (χ0) is 23.6. The quantitative estimate of drug-likeness (QED) is 0.435. The highest BCUT2D eigenvalue weighted by Crippen LogP contribution is 2.33. The zero-order valence-corrected chi connectivity index (χ0v) is 20.6. The van der Waals surface area contributed by atoms with E-state index in [1.165, 1.54) is 16.4 Å². The van der Waals surface area contributed by atoms with Gasteiger partial charge in [-0.15, -0.1) is 0 Å². The Labute approximate surface area is 199 Å². The first-order chi connectivity index (χ1) is 15.1. The predicted octanol–water partition coefficient (Wildman–Crippen LogP) is 6.39. The summed E-state index contributed by atoms with van der Waals surface area (Å²) >= 11 is 12.6. The van der Waals surface area contributed by atoms with Gasteiger partial charge in [-0.05, 0) is 63.1 Å². The number of anilines is 2. The molecule has 3 aromatic carbocycles. The van der Waals surface area contributed by atoms with Crippen LogP contribution in [0.1, 0.15) is 34.0 Å². The molecule has 8 heteroatoms. The van der Waals surface area contributed by atoms with Gasteiger partial charge in [0, 0.05) is 12.2 Å². The summed E-state index contributed by atoms with van der Waals surface area (Å²) in [6.07, 6.45) is 0. The molecule has 0 aliphatic heterocycles. The van der Waals surface area contributed by atoms with Crippen molar-refractivity contribution >= 4 is 50.5 Å². The summed E-state index contributed by atoms with van der Waals surface area (Å²) in [6, 6.07) is 15.1. The lowest BCUT2D eigenvalue weighted by Gasteiger charge is -2.24. The van der Waals surface area contributed by atoms with E-state index < -0.39 is 15.9 Å². The number of aryl methyl sites for hydroxylation is 3. The number of benzene rings is 3. The molecule has 0 aliphatic carbocycles. The van der Waals surface area contributed by atoms with Gasteiger partial charge in [-0.1, -0.05) is 59.1 Å². The summed E-state index contributed by atoms with van der Waals surface area (Å²) in [5.74, 6) is -0.513. The molecule has 32 heavy (non-hydrogen) atoms. The van der Waals surface area contributed by atoms with Gasteiger partial charge < -0.3 is 5.32 Å². The number of halogens is 2. The second kappa shape index (κ2) is 9.53. The van der Waals surface area contributed by atoms with E-state index in [4.69, 9.17) is 23.2 Å². The second-order valence-electron chi connectivity index (χ2n) is 7.50. The van der Waals surface area contributed by atoms with E-state index >= 15 is 0 Å². The van der Waals surface area contributed by atoms with Gasteiger partial charge in [-0.2, -0.15) is 0 Å². The molecule has 0 fully saturated rings. The molecule has 3 rings (SSSR count). The number of hydrogen-bond donors (Lipinski definition) is 1. The third kappa shape index (κ3) is 4.77. The molecule has 0 radical (unpaired) electrons. The smallest absolute Gasteiger partial charge is 0.265 e. The van der Waals surface area contributed by atoms with E-state index in [1.807, 2.05) is 32.9 Å². The van der Waals surface area contributed by atoms with Crippen LogP contribution in [-0.4, -0.2) is 20.9 Å². The highest BCUT2D eigenvalue weighted by Gasteiger charge is 2.28. The maximum absolute atomic E-state index is 13.4. The standard InChI is InChI=1S/C24H24Cl2N2O3S/c1-5-28(18-9-7-6-8-10-18)32(30,31)22-13-19(20(25)14-21(22)26)24(29)27-23-16(3)11-15(2)12-17(23)4/h6-14H,5H2,1-4H3,(H,27,29). The van der Waals surface area contributed by atoms with Crippen LogP contribution in [0, 0.1) is 20.8 Å². The Balaban J connectivity index is 2.05. The number of carbonyl (C=O) groups excluding carboxylic acids is 1. The van der Waals surface area contributed by atoms with Crippen LogP contribution in [0.15, 0.2) is 59.5 Å². The molecule has 0 aliphatic rings. The van der Waals surface area contributed by atoms with Gasteiger partial charge in [0.25, 0.3) is 15.9 Å². The molecule has 3 aromatic rings. The van der Waals surface area contributed by atoms with Gasteiger partial charge in [-0.25, -0.2) is 8.42 Å². The van der Waals surface area contributed by atoms with Crippen LogP contribution < -0.4 is 9.62 Å². The Morgan fingerprint density at radius 1 is 0.938 bits per heavy atom. The van der Waals surface area contributed by atoms with Crippen LogP contribution in [-0.2, 0) is 10.0 Å². The van der Waals surface area contributed by atoms with Crippen LogP contribution in [0.3, 0.4) is 0 Å². The monoisotopic (exact) mass is 490 g/mol. The van der Waals surface area contributed by atoms with Crippen molar-refractivity contribution in [1.29, 1.82) is 0 Å². The maximum atomic E-state index is 13.4. The van der Waals surface area contributed by atoms with Crippen molar-refractivity contribution in [2.45, 2.75) is 32.6 Å². The van der Waals surface area contributed by atoms with Crippen LogP contribution in [0.4, 0.5) is 11.4 Å². The molecule has 0 saturated heterocycles. The van der Waals surface area contributed by atoms with Crippen LogP contribution in [0.25, 0.3) is 0 Å². The van der Waals surface area contributed by atoms with E-state index in [0.29, 0.717) is 11.4 Å². The summed E-state index contributed by atoms with van der Waals surface area (Å²) in [4.78, 5) is 12.9. The van der Waals surface area contributed by atoms with Crippen molar-refractivity contribution in [1.82, 2.24) is 0 Å². The van der Waals surface area contributed by atoms with Crippen molar-refractivity contribution in [3.8, 4) is 0 Å². The minimum absolute atomic E-state index is 0.0260. The number of nitrogens with one attached hydrogen (secondary N) is 1. The lowest BCUT2D eigenvalue weighted by molar-refractivity contribution is 0.102. The summed E-state index contributed by atoms with van der Waals surface area (Å²) in [5.41, 5.74) is 4.06. The molecule has 1 amide bonds. The molecule has 5 nitrogen and oxygen atoms in total. The molecule has 0 spiro atoms. The van der Waals surface area contributed by atoms with Crippen molar-refractivity contribution in [2.75, 3.05) is 16.2 Å². The zero-order valence-electron chi connectivity index (χ0n) is 18.2. The number of amides is 1. The lowest BCUT2D eigenvalue weighted by atomic mass is 10.0. The summed E-state index contributed by atoms with van der Waals surface area (Å²) in [7, 11) is -4.04. The summed E-state index contributed by atoms with van der Waals surface area (Å²) < 4.78 is 28.1. The first kappa shape index (κ1) is 24.1. The number of carbonyl (C=O) groups is 1. The molecule has 168 valence electrons. The SMILES string of the molecule is CCN(c1ccccc1)S(=O)(=O)c1cc(C(=O)Nc2c(C)cc(C)cc2C)c(Cl)cc1Cl. The predicted molar refractivity (Wildman–Crippen MR) is 132 cm³/mol. The molecule has 0 aromatic heterocycles. The largest absolute Gasteiger partial charge is 0.321 e. The van der Waals surface area contributed by atoms with Gasteiger partial charge in [-0.3, -0.25) is 9.10 Å². The first-order valence-electron chi connectivity index (χ1n) is 10.0. The van der Waals surface area contributed by atoms with Crippen molar-refractivity contribution in [3.63, 3.8) is 0 Å². The molecule has 0 bridgehead atoms. The minimum Gasteiger partial charge on any atom is -0.321 e. The van der Waals surface area contributed by atoms with Crippen LogP contribution in [0.2, 0.25) is 10.0 Å². The van der Waals surface area contributed by atoms with E-state index in [-0.39, 0.29) is 27.0 Å². The van der Waals surface area contributed by atoms with Gasteiger partial charge in [0.1, 0.15) is 4.90 Å². The Morgan fingerprint density at radius 3 is 2.09 bits per heavy atom. The van der Waals surface area contributed by atoms with Gasteiger partial charge >= 0.3 is 0 Å². The Kier molecular flexibility index (Phi) is 7.18. The van der Waals surface area contributed by atoms with Crippen molar-refractivity contribution in [3.05, 3.63) is 86.9 Å². The Hall–Kier alpha value is -2.54. The van der Waals surface area contributed by atoms with Gasteiger partial charge in [0.15, 0.2) is 0 Å². The number of nitrogens with zero attached hydrogens (tertiary/aromatic N) is 1. The number of hydrogen-bond acceptors (Lipinski definition) is 3. The van der Waals surface area contributed by atoms with E-state index in [1.54, 1.807) is 37.3 Å². The highest BCUT2D eigenvalue weighted by atomic mass is 35.5. The lowest BCUT2D eigenvalue weighted by Crippen LogP contribution is -2.31. The van der Waals surface area contributed by atoms with E-state index in [2.05, 4.69) is 5.32 Å². The summed E-state index contributed by atoms with van der Waals surface area (Å²) in [5, 5.41) is 2.88. The topological polar surface area (TPSA) is 66.5 Å². The second-order valence-corrected chi connectivity index (χ2v) is 10.1. The number of sulfonamides is 1.